The molecule has 0 aliphatic heterocycles. The highest BCUT2D eigenvalue weighted by atomic mass is 79.9. The summed E-state index contributed by atoms with van der Waals surface area (Å²) in [5.74, 6) is -0.207. The molecule has 1 amide bonds. The van der Waals surface area contributed by atoms with Gasteiger partial charge in [0, 0.05) is 16.9 Å². The van der Waals surface area contributed by atoms with Gasteiger partial charge in [0.15, 0.2) is 12.4 Å². The van der Waals surface area contributed by atoms with E-state index in [2.05, 4.69) is 26.3 Å². The number of hydrogen-bond donors (Lipinski definition) is 1. The van der Waals surface area contributed by atoms with Crippen LogP contribution in [0.2, 0.25) is 5.02 Å². The molecule has 0 saturated heterocycles. The SMILES string of the molecule is Cc1ccc(NC(=O)c2ccn(COc3ccc(Cl)cc3Br)n2)cc1F. The van der Waals surface area contributed by atoms with Crippen LogP contribution in [0.25, 0.3) is 0 Å². The van der Waals surface area contributed by atoms with Crippen LogP contribution in [0.15, 0.2) is 53.1 Å². The number of carbonyl (C=O) groups excluding carboxylic acids is 1. The molecule has 2 aromatic carbocycles. The number of aromatic nitrogens is 2. The Hall–Kier alpha value is -2.38. The number of nitrogens with one attached hydrogen (secondary N) is 1. The zero-order valence-corrected chi connectivity index (χ0v) is 16.0. The van der Waals surface area contributed by atoms with E-state index in [4.69, 9.17) is 16.3 Å². The van der Waals surface area contributed by atoms with Crippen molar-refractivity contribution in [3.05, 3.63) is 75.2 Å². The van der Waals surface area contributed by atoms with Gasteiger partial charge in [0.2, 0.25) is 0 Å². The first-order chi connectivity index (χ1) is 12.4. The summed E-state index contributed by atoms with van der Waals surface area (Å²) in [7, 11) is 0. The van der Waals surface area contributed by atoms with Crippen LogP contribution in [0.4, 0.5) is 10.1 Å². The maximum absolute atomic E-state index is 13.6. The number of benzene rings is 2. The minimum atomic E-state index is -0.431. The summed E-state index contributed by atoms with van der Waals surface area (Å²) in [6.07, 6.45) is 1.62. The molecule has 0 spiro atoms. The number of halogens is 3. The maximum Gasteiger partial charge on any atom is 0.276 e. The van der Waals surface area contributed by atoms with Crippen molar-refractivity contribution in [2.45, 2.75) is 13.7 Å². The highest BCUT2D eigenvalue weighted by molar-refractivity contribution is 9.10. The van der Waals surface area contributed by atoms with Gasteiger partial charge in [-0.25, -0.2) is 9.07 Å². The monoisotopic (exact) mass is 437 g/mol. The van der Waals surface area contributed by atoms with Crippen molar-refractivity contribution in [2.75, 3.05) is 5.32 Å². The van der Waals surface area contributed by atoms with Crippen LogP contribution >= 0.6 is 27.5 Å². The van der Waals surface area contributed by atoms with Gasteiger partial charge in [0.25, 0.3) is 5.91 Å². The van der Waals surface area contributed by atoms with E-state index in [1.54, 1.807) is 49.5 Å². The summed E-state index contributed by atoms with van der Waals surface area (Å²) in [4.78, 5) is 12.2. The van der Waals surface area contributed by atoms with E-state index in [1.807, 2.05) is 0 Å². The Kier molecular flexibility index (Phi) is 5.58. The Labute approximate surface area is 162 Å². The number of aryl methyl sites for hydroxylation is 1. The van der Waals surface area contributed by atoms with Gasteiger partial charge in [-0.1, -0.05) is 17.7 Å². The summed E-state index contributed by atoms with van der Waals surface area (Å²) in [5.41, 5.74) is 1.08. The van der Waals surface area contributed by atoms with Gasteiger partial charge in [-0.2, -0.15) is 5.10 Å². The van der Waals surface area contributed by atoms with Crippen LogP contribution in [0.5, 0.6) is 5.75 Å². The molecular weight excluding hydrogens is 425 g/mol. The number of ether oxygens (including phenoxy) is 1. The van der Waals surface area contributed by atoms with Gasteiger partial charge in [-0.15, -0.1) is 0 Å². The molecule has 0 radical (unpaired) electrons. The molecule has 8 heteroatoms. The van der Waals surface area contributed by atoms with Crippen LogP contribution in [-0.2, 0) is 6.73 Å². The lowest BCUT2D eigenvalue weighted by Gasteiger charge is -2.08. The van der Waals surface area contributed by atoms with E-state index in [0.29, 0.717) is 22.0 Å². The van der Waals surface area contributed by atoms with Crippen LogP contribution < -0.4 is 10.1 Å². The normalized spacial score (nSPS) is 10.6. The highest BCUT2D eigenvalue weighted by Gasteiger charge is 2.11. The third kappa shape index (κ3) is 4.42. The molecule has 0 bridgehead atoms. The average molecular weight is 439 g/mol. The number of nitrogens with zero attached hydrogens (tertiary/aromatic N) is 2. The number of hydrogen-bond acceptors (Lipinski definition) is 3. The summed E-state index contributed by atoms with van der Waals surface area (Å²) in [6, 6.07) is 11.2. The van der Waals surface area contributed by atoms with Gasteiger partial charge >= 0.3 is 0 Å². The Morgan fingerprint density at radius 2 is 2.12 bits per heavy atom. The van der Waals surface area contributed by atoms with Gasteiger partial charge in [-0.3, -0.25) is 4.79 Å². The first-order valence-electron chi connectivity index (χ1n) is 7.61. The molecule has 3 rings (SSSR count). The van der Waals surface area contributed by atoms with Crippen molar-refractivity contribution in [2.24, 2.45) is 0 Å². The fraction of sp³-hybridized carbons (Fsp3) is 0.111. The third-order valence-electron chi connectivity index (χ3n) is 3.55. The van der Waals surface area contributed by atoms with Crippen LogP contribution in [0.3, 0.4) is 0 Å². The van der Waals surface area contributed by atoms with Crippen LogP contribution in [0, 0.1) is 12.7 Å². The van der Waals surface area contributed by atoms with Gasteiger partial charge < -0.3 is 10.1 Å². The smallest absolute Gasteiger partial charge is 0.276 e. The molecule has 0 atom stereocenters. The standard InChI is InChI=1S/C18H14BrClFN3O2/c1-11-2-4-13(9-15(11)21)22-18(25)16-6-7-24(23-16)10-26-17-5-3-12(20)8-14(17)19/h2-9H,10H2,1H3,(H,22,25). The van der Waals surface area contributed by atoms with Gasteiger partial charge in [0.1, 0.15) is 11.6 Å². The van der Waals surface area contributed by atoms with E-state index in [0.717, 1.165) is 4.47 Å². The van der Waals surface area contributed by atoms with Crippen LogP contribution in [-0.4, -0.2) is 15.7 Å². The van der Waals surface area contributed by atoms with Crippen molar-refractivity contribution in [1.29, 1.82) is 0 Å². The number of carbonyl (C=O) groups is 1. The molecule has 1 aromatic heterocycles. The summed E-state index contributed by atoms with van der Waals surface area (Å²) < 4.78 is 21.4. The molecule has 5 nitrogen and oxygen atoms in total. The summed E-state index contributed by atoms with van der Waals surface area (Å²) >= 11 is 9.25. The van der Waals surface area contributed by atoms with E-state index in [1.165, 1.54) is 10.7 Å². The molecule has 26 heavy (non-hydrogen) atoms. The highest BCUT2D eigenvalue weighted by Crippen LogP contribution is 2.28. The zero-order valence-electron chi connectivity index (χ0n) is 13.7. The van der Waals surface area contributed by atoms with E-state index in [-0.39, 0.29) is 18.2 Å². The fourth-order valence-corrected chi connectivity index (χ4v) is 2.95. The largest absolute Gasteiger partial charge is 0.470 e. The molecule has 0 aliphatic carbocycles. The summed E-state index contributed by atoms with van der Waals surface area (Å²) in [6.45, 7) is 1.77. The number of anilines is 1. The Bertz CT molecular complexity index is 961. The topological polar surface area (TPSA) is 56.2 Å². The van der Waals surface area contributed by atoms with Crippen molar-refractivity contribution < 1.29 is 13.9 Å². The molecule has 0 aliphatic rings. The predicted molar refractivity (Wildman–Crippen MR) is 101 cm³/mol. The minimum absolute atomic E-state index is 0.118. The lowest BCUT2D eigenvalue weighted by molar-refractivity contribution is 0.102. The predicted octanol–water partition coefficient (Wildman–Crippen LogP) is 5.04. The van der Waals surface area contributed by atoms with Gasteiger partial charge in [0.05, 0.1) is 4.47 Å². The lowest BCUT2D eigenvalue weighted by atomic mass is 10.2. The Balaban J connectivity index is 1.63. The van der Waals surface area contributed by atoms with E-state index in [9.17, 15) is 9.18 Å². The molecule has 0 saturated carbocycles. The first-order valence-corrected chi connectivity index (χ1v) is 8.78. The summed E-state index contributed by atoms with van der Waals surface area (Å²) in [5, 5.41) is 7.36. The number of rotatable bonds is 5. The van der Waals surface area contributed by atoms with Crippen molar-refractivity contribution >= 4 is 39.1 Å². The van der Waals surface area contributed by atoms with Crippen molar-refractivity contribution in [1.82, 2.24) is 9.78 Å². The molecule has 134 valence electrons. The third-order valence-corrected chi connectivity index (χ3v) is 4.40. The Morgan fingerprint density at radius 3 is 2.85 bits per heavy atom. The van der Waals surface area contributed by atoms with E-state index < -0.39 is 5.91 Å². The first kappa shape index (κ1) is 18.4. The van der Waals surface area contributed by atoms with Gasteiger partial charge in [-0.05, 0) is 64.8 Å². The molecule has 0 fully saturated rings. The fourth-order valence-electron chi connectivity index (χ4n) is 2.15. The maximum atomic E-state index is 13.6. The van der Waals surface area contributed by atoms with Crippen molar-refractivity contribution in [3.8, 4) is 5.75 Å². The van der Waals surface area contributed by atoms with Crippen molar-refractivity contribution in [3.63, 3.8) is 0 Å². The molecule has 0 unspecified atom stereocenters. The molecule has 1 N–H and O–H groups in total. The zero-order chi connectivity index (χ0) is 18.7. The average Bonchev–Trinajstić information content (AvgIpc) is 3.06. The minimum Gasteiger partial charge on any atom is -0.470 e. The second-order valence-corrected chi connectivity index (χ2v) is 6.80. The molecular formula is C18H14BrClFN3O2. The number of amides is 1. The Morgan fingerprint density at radius 1 is 1.31 bits per heavy atom. The second kappa shape index (κ2) is 7.88. The molecule has 1 heterocycles. The second-order valence-electron chi connectivity index (χ2n) is 5.51. The lowest BCUT2D eigenvalue weighted by Crippen LogP contribution is -2.14. The quantitative estimate of drug-likeness (QED) is 0.607. The van der Waals surface area contributed by atoms with E-state index >= 15 is 0 Å². The molecule has 3 aromatic rings. The van der Waals surface area contributed by atoms with Crippen LogP contribution in [0.1, 0.15) is 16.1 Å².